The van der Waals surface area contributed by atoms with E-state index >= 15 is 0 Å². The van der Waals surface area contributed by atoms with E-state index in [-0.39, 0.29) is 17.3 Å². The van der Waals surface area contributed by atoms with E-state index in [1.165, 1.54) is 29.2 Å². The number of nitrogens with zero attached hydrogens (tertiary/aromatic N) is 4. The van der Waals surface area contributed by atoms with Crippen molar-refractivity contribution < 1.29 is 4.39 Å². The SMILES string of the molecule is CC(Cn1c(=O)c2sccc2n2c(SCc3c(F)cccc3Cl)nnc12)c1ccccc1. The summed E-state index contributed by atoms with van der Waals surface area (Å²) in [6.07, 6.45) is 0. The maximum absolute atomic E-state index is 14.2. The van der Waals surface area contributed by atoms with Gasteiger partial charge >= 0.3 is 0 Å². The second-order valence-electron chi connectivity index (χ2n) is 7.47. The number of fused-ring (bicyclic) bond motifs is 3. The number of aromatic nitrogens is 4. The number of thiophene rings is 1. The number of halogens is 2. The number of benzene rings is 2. The van der Waals surface area contributed by atoms with Gasteiger partial charge in [0.05, 0.1) is 5.52 Å². The molecular weight excluding hydrogens is 467 g/mol. The smallest absolute Gasteiger partial charge is 0.272 e. The molecule has 0 aliphatic heterocycles. The van der Waals surface area contributed by atoms with E-state index in [1.807, 2.05) is 34.0 Å². The highest BCUT2D eigenvalue weighted by Crippen LogP contribution is 2.30. The van der Waals surface area contributed by atoms with Crippen LogP contribution in [0.5, 0.6) is 0 Å². The lowest BCUT2D eigenvalue weighted by atomic mass is 10.0. The molecule has 1 atom stereocenters. The minimum Gasteiger partial charge on any atom is -0.275 e. The molecule has 0 aliphatic carbocycles. The minimum absolute atomic E-state index is 0.0774. The fourth-order valence-electron chi connectivity index (χ4n) is 3.73. The Labute approximate surface area is 196 Å². The quantitative estimate of drug-likeness (QED) is 0.277. The molecule has 3 heterocycles. The van der Waals surface area contributed by atoms with Crippen LogP contribution in [0.3, 0.4) is 0 Å². The molecule has 2 aromatic carbocycles. The Morgan fingerprint density at radius 2 is 1.94 bits per heavy atom. The maximum atomic E-state index is 14.2. The van der Waals surface area contributed by atoms with Gasteiger partial charge in [0.2, 0.25) is 5.78 Å². The predicted molar refractivity (Wildman–Crippen MR) is 128 cm³/mol. The third-order valence-electron chi connectivity index (χ3n) is 5.41. The van der Waals surface area contributed by atoms with E-state index in [4.69, 9.17) is 11.6 Å². The molecule has 0 amide bonds. The van der Waals surface area contributed by atoms with Gasteiger partial charge in [-0.2, -0.15) is 0 Å². The molecule has 0 fully saturated rings. The Morgan fingerprint density at radius 3 is 2.72 bits per heavy atom. The average Bonchev–Trinajstić information content (AvgIpc) is 3.44. The second-order valence-corrected chi connectivity index (χ2v) is 9.74. The summed E-state index contributed by atoms with van der Waals surface area (Å²) in [5.74, 6) is 0.538. The van der Waals surface area contributed by atoms with Crippen LogP contribution < -0.4 is 5.56 Å². The number of rotatable bonds is 6. The zero-order valence-electron chi connectivity index (χ0n) is 17.0. The highest BCUT2D eigenvalue weighted by atomic mass is 35.5. The summed E-state index contributed by atoms with van der Waals surface area (Å²) in [7, 11) is 0. The molecule has 0 saturated carbocycles. The van der Waals surface area contributed by atoms with Crippen molar-refractivity contribution in [1.82, 2.24) is 19.2 Å². The van der Waals surface area contributed by atoms with Crippen LogP contribution in [0.25, 0.3) is 16.0 Å². The molecule has 0 saturated heterocycles. The van der Waals surface area contributed by atoms with E-state index < -0.39 is 0 Å². The van der Waals surface area contributed by atoms with Crippen molar-refractivity contribution in [1.29, 1.82) is 0 Å². The molecule has 162 valence electrons. The standard InChI is InChI=1S/C23H18ClFN4OS2/c1-14(15-6-3-2-4-7-15)12-28-21(30)20-19(10-11-31-20)29-22(28)26-27-23(29)32-13-16-17(24)8-5-9-18(16)25/h2-11,14H,12-13H2,1H3. The number of hydrogen-bond acceptors (Lipinski definition) is 5. The largest absolute Gasteiger partial charge is 0.275 e. The average molecular weight is 485 g/mol. The van der Waals surface area contributed by atoms with Gasteiger partial charge in [-0.1, -0.05) is 66.7 Å². The van der Waals surface area contributed by atoms with Gasteiger partial charge in [0.1, 0.15) is 10.5 Å². The zero-order chi connectivity index (χ0) is 22.2. The summed E-state index contributed by atoms with van der Waals surface area (Å²) < 4.78 is 18.4. The molecule has 32 heavy (non-hydrogen) atoms. The molecule has 5 rings (SSSR count). The normalized spacial score (nSPS) is 12.6. The van der Waals surface area contributed by atoms with Gasteiger partial charge in [0.15, 0.2) is 5.16 Å². The van der Waals surface area contributed by atoms with Gasteiger partial charge in [0, 0.05) is 22.9 Å². The first-order valence-electron chi connectivity index (χ1n) is 10.0. The third kappa shape index (κ3) is 3.72. The van der Waals surface area contributed by atoms with Gasteiger partial charge in [-0.05, 0) is 35.1 Å². The first-order valence-corrected chi connectivity index (χ1v) is 12.2. The van der Waals surface area contributed by atoms with E-state index in [1.54, 1.807) is 16.7 Å². The predicted octanol–water partition coefficient (Wildman–Crippen LogP) is 5.99. The molecule has 0 N–H and O–H groups in total. The monoisotopic (exact) mass is 484 g/mol. The van der Waals surface area contributed by atoms with Gasteiger partial charge in [0.25, 0.3) is 5.56 Å². The van der Waals surface area contributed by atoms with Crippen LogP contribution in [0.15, 0.2) is 69.9 Å². The van der Waals surface area contributed by atoms with Crippen molar-refractivity contribution >= 4 is 50.7 Å². The van der Waals surface area contributed by atoms with E-state index in [0.717, 1.165) is 11.1 Å². The Kier molecular flexibility index (Phi) is 5.75. The van der Waals surface area contributed by atoms with Gasteiger partial charge in [-0.15, -0.1) is 21.5 Å². The molecule has 5 aromatic rings. The lowest BCUT2D eigenvalue weighted by molar-refractivity contribution is 0.588. The Hall–Kier alpha value is -2.68. The van der Waals surface area contributed by atoms with Crippen molar-refractivity contribution in [3.05, 3.63) is 92.3 Å². The second kappa shape index (κ2) is 8.69. The Balaban J connectivity index is 1.58. The fourth-order valence-corrected chi connectivity index (χ4v) is 5.83. The van der Waals surface area contributed by atoms with Crippen LogP contribution in [0.1, 0.15) is 24.0 Å². The highest BCUT2D eigenvalue weighted by Gasteiger charge is 2.20. The number of hydrogen-bond donors (Lipinski definition) is 0. The molecule has 5 nitrogen and oxygen atoms in total. The van der Waals surface area contributed by atoms with Crippen molar-refractivity contribution in [2.24, 2.45) is 0 Å². The van der Waals surface area contributed by atoms with Crippen LogP contribution >= 0.6 is 34.7 Å². The first-order chi connectivity index (χ1) is 15.5. The van der Waals surface area contributed by atoms with Crippen LogP contribution in [-0.4, -0.2) is 19.2 Å². The van der Waals surface area contributed by atoms with Crippen molar-refractivity contribution in [3.8, 4) is 0 Å². The van der Waals surface area contributed by atoms with E-state index in [9.17, 15) is 9.18 Å². The van der Waals surface area contributed by atoms with Gasteiger partial charge in [-0.25, -0.2) is 4.39 Å². The van der Waals surface area contributed by atoms with Crippen LogP contribution in [0, 0.1) is 5.82 Å². The molecule has 9 heteroatoms. The summed E-state index contributed by atoms with van der Waals surface area (Å²) in [6.45, 7) is 2.56. The highest BCUT2D eigenvalue weighted by molar-refractivity contribution is 7.98. The molecule has 3 aromatic heterocycles. The third-order valence-corrected chi connectivity index (χ3v) is 7.62. The molecule has 1 unspecified atom stereocenters. The van der Waals surface area contributed by atoms with Gasteiger partial charge in [-0.3, -0.25) is 13.8 Å². The summed E-state index contributed by atoms with van der Waals surface area (Å²) in [5.41, 5.74) is 2.24. The topological polar surface area (TPSA) is 52.2 Å². The molecule has 0 aliphatic rings. The maximum Gasteiger partial charge on any atom is 0.272 e. The summed E-state index contributed by atoms with van der Waals surface area (Å²) >= 11 is 8.92. The van der Waals surface area contributed by atoms with E-state index in [0.29, 0.717) is 38.5 Å². The minimum atomic E-state index is -0.354. The fraction of sp³-hybridized carbons (Fsp3) is 0.174. The van der Waals surface area contributed by atoms with Crippen molar-refractivity contribution in [3.63, 3.8) is 0 Å². The van der Waals surface area contributed by atoms with Crippen LogP contribution in [0.2, 0.25) is 5.02 Å². The van der Waals surface area contributed by atoms with Crippen molar-refractivity contribution in [2.45, 2.75) is 30.3 Å². The molecular formula is C23H18ClFN4OS2. The summed E-state index contributed by atoms with van der Waals surface area (Å²) in [6, 6.07) is 16.6. The zero-order valence-corrected chi connectivity index (χ0v) is 19.4. The molecule has 0 bridgehead atoms. The lowest BCUT2D eigenvalue weighted by Gasteiger charge is -2.15. The van der Waals surface area contributed by atoms with Crippen molar-refractivity contribution in [2.75, 3.05) is 0 Å². The Bertz CT molecular complexity index is 1460. The summed E-state index contributed by atoms with van der Waals surface area (Å²) in [5, 5.41) is 11.5. The molecule has 0 spiro atoms. The van der Waals surface area contributed by atoms with Crippen LogP contribution in [0.4, 0.5) is 4.39 Å². The number of thioether (sulfide) groups is 1. The van der Waals surface area contributed by atoms with Crippen LogP contribution in [-0.2, 0) is 12.3 Å². The van der Waals surface area contributed by atoms with E-state index in [2.05, 4.69) is 29.3 Å². The summed E-state index contributed by atoms with van der Waals surface area (Å²) in [4.78, 5) is 13.3. The van der Waals surface area contributed by atoms with Gasteiger partial charge < -0.3 is 0 Å². The molecule has 0 radical (unpaired) electrons. The Morgan fingerprint density at radius 1 is 1.12 bits per heavy atom. The lowest BCUT2D eigenvalue weighted by Crippen LogP contribution is -2.24. The first kappa shape index (κ1) is 21.2.